The van der Waals surface area contributed by atoms with Gasteiger partial charge in [0.15, 0.2) is 0 Å². The molecule has 0 aliphatic carbocycles. The van der Waals surface area contributed by atoms with E-state index in [4.69, 9.17) is 9.47 Å². The first-order valence-corrected chi connectivity index (χ1v) is 6.03. The number of carbonyl (C=O) groups excluding carboxylic acids is 2. The molecule has 0 aliphatic heterocycles. The van der Waals surface area contributed by atoms with Gasteiger partial charge in [-0.1, -0.05) is 19.1 Å². The van der Waals surface area contributed by atoms with Crippen molar-refractivity contribution < 1.29 is 19.1 Å². The Morgan fingerprint density at radius 2 is 1.67 bits per heavy atom. The van der Waals surface area contributed by atoms with E-state index < -0.39 is 11.9 Å². The summed E-state index contributed by atoms with van der Waals surface area (Å²) in [5, 5.41) is 0. The van der Waals surface area contributed by atoms with Crippen molar-refractivity contribution in [2.45, 2.75) is 33.3 Å². The van der Waals surface area contributed by atoms with Crippen LogP contribution in [0.3, 0.4) is 0 Å². The second-order valence-electron chi connectivity index (χ2n) is 4.14. The van der Waals surface area contributed by atoms with E-state index in [1.54, 1.807) is 38.1 Å². The molecule has 0 aromatic heterocycles. The van der Waals surface area contributed by atoms with Gasteiger partial charge >= 0.3 is 11.9 Å². The van der Waals surface area contributed by atoms with E-state index in [0.717, 1.165) is 6.42 Å². The number of carbonyl (C=O) groups is 2. The standard InChI is InChI=1S/C14H18O4/c1-4-9-17-13(15)11-7-5-6-8-12(11)14(16)18-10(2)3/h5-8,10H,4,9H2,1-3H3. The molecular weight excluding hydrogens is 232 g/mol. The first-order valence-electron chi connectivity index (χ1n) is 6.03. The van der Waals surface area contributed by atoms with Gasteiger partial charge in [0.2, 0.25) is 0 Å². The molecule has 18 heavy (non-hydrogen) atoms. The van der Waals surface area contributed by atoms with Crippen molar-refractivity contribution in [1.82, 2.24) is 0 Å². The van der Waals surface area contributed by atoms with Gasteiger partial charge in [-0.3, -0.25) is 0 Å². The molecule has 0 aliphatic rings. The molecule has 0 atom stereocenters. The second kappa shape index (κ2) is 6.79. The lowest BCUT2D eigenvalue weighted by Crippen LogP contribution is -2.17. The average molecular weight is 250 g/mol. The van der Waals surface area contributed by atoms with E-state index in [0.29, 0.717) is 6.61 Å². The van der Waals surface area contributed by atoms with Crippen LogP contribution < -0.4 is 0 Å². The highest BCUT2D eigenvalue weighted by Crippen LogP contribution is 2.13. The molecule has 0 unspecified atom stereocenters. The fourth-order valence-electron chi connectivity index (χ4n) is 1.39. The van der Waals surface area contributed by atoms with Crippen LogP contribution in [0, 0.1) is 0 Å². The van der Waals surface area contributed by atoms with Crippen LogP contribution in [0.4, 0.5) is 0 Å². The molecule has 0 saturated heterocycles. The van der Waals surface area contributed by atoms with Crippen LogP contribution in [0.15, 0.2) is 24.3 Å². The Balaban J connectivity index is 2.92. The van der Waals surface area contributed by atoms with Crippen LogP contribution >= 0.6 is 0 Å². The number of hydrogen-bond acceptors (Lipinski definition) is 4. The highest BCUT2D eigenvalue weighted by molar-refractivity contribution is 6.03. The summed E-state index contributed by atoms with van der Waals surface area (Å²) in [7, 11) is 0. The summed E-state index contributed by atoms with van der Waals surface area (Å²) in [4.78, 5) is 23.6. The van der Waals surface area contributed by atoms with Crippen molar-refractivity contribution in [2.75, 3.05) is 6.61 Å². The largest absolute Gasteiger partial charge is 0.462 e. The Labute approximate surface area is 107 Å². The molecule has 0 spiro atoms. The maximum Gasteiger partial charge on any atom is 0.339 e. The summed E-state index contributed by atoms with van der Waals surface area (Å²) in [5.74, 6) is -0.998. The molecule has 4 nitrogen and oxygen atoms in total. The van der Waals surface area contributed by atoms with Crippen LogP contribution in [-0.2, 0) is 9.47 Å². The zero-order chi connectivity index (χ0) is 13.5. The first kappa shape index (κ1) is 14.2. The Hall–Kier alpha value is -1.84. The average Bonchev–Trinajstić information content (AvgIpc) is 2.35. The highest BCUT2D eigenvalue weighted by atomic mass is 16.5. The molecule has 0 saturated carbocycles. The van der Waals surface area contributed by atoms with Crippen LogP contribution in [0.5, 0.6) is 0 Å². The monoisotopic (exact) mass is 250 g/mol. The summed E-state index contributed by atoms with van der Waals surface area (Å²) in [6.45, 7) is 5.77. The quantitative estimate of drug-likeness (QED) is 0.754. The van der Waals surface area contributed by atoms with Crippen molar-refractivity contribution in [3.8, 4) is 0 Å². The summed E-state index contributed by atoms with van der Waals surface area (Å²) >= 11 is 0. The Morgan fingerprint density at radius 1 is 1.11 bits per heavy atom. The first-order chi connectivity index (χ1) is 8.56. The zero-order valence-corrected chi connectivity index (χ0v) is 10.9. The minimum atomic E-state index is -0.506. The lowest BCUT2D eigenvalue weighted by atomic mass is 10.1. The predicted molar refractivity (Wildman–Crippen MR) is 67.6 cm³/mol. The molecule has 0 amide bonds. The van der Waals surface area contributed by atoms with Gasteiger partial charge in [0.1, 0.15) is 0 Å². The number of esters is 2. The number of hydrogen-bond donors (Lipinski definition) is 0. The fourth-order valence-corrected chi connectivity index (χ4v) is 1.39. The van der Waals surface area contributed by atoms with Gasteiger partial charge in [0, 0.05) is 0 Å². The minimum absolute atomic E-state index is 0.225. The van der Waals surface area contributed by atoms with Crippen LogP contribution in [0.25, 0.3) is 0 Å². The molecule has 98 valence electrons. The van der Waals surface area contributed by atoms with E-state index in [1.165, 1.54) is 0 Å². The molecule has 0 radical (unpaired) electrons. The molecule has 1 rings (SSSR count). The number of ether oxygens (including phenoxy) is 2. The minimum Gasteiger partial charge on any atom is -0.462 e. The lowest BCUT2D eigenvalue weighted by molar-refractivity contribution is 0.0361. The van der Waals surface area contributed by atoms with Crippen LogP contribution in [-0.4, -0.2) is 24.6 Å². The zero-order valence-electron chi connectivity index (χ0n) is 10.9. The molecule has 1 aromatic rings. The second-order valence-corrected chi connectivity index (χ2v) is 4.14. The molecule has 0 bridgehead atoms. The fraction of sp³-hybridized carbons (Fsp3) is 0.429. The number of rotatable bonds is 5. The SMILES string of the molecule is CCCOC(=O)c1ccccc1C(=O)OC(C)C. The van der Waals surface area contributed by atoms with E-state index in [9.17, 15) is 9.59 Å². The van der Waals surface area contributed by atoms with Gasteiger partial charge in [0.05, 0.1) is 23.8 Å². The summed E-state index contributed by atoms with van der Waals surface area (Å²) < 4.78 is 10.1. The summed E-state index contributed by atoms with van der Waals surface area (Å²) in [6.07, 6.45) is 0.516. The third kappa shape index (κ3) is 3.87. The third-order valence-corrected chi connectivity index (χ3v) is 2.15. The lowest BCUT2D eigenvalue weighted by Gasteiger charge is -2.11. The Morgan fingerprint density at radius 3 is 2.17 bits per heavy atom. The molecule has 0 N–H and O–H groups in total. The van der Waals surface area contributed by atoms with E-state index in [-0.39, 0.29) is 17.2 Å². The van der Waals surface area contributed by atoms with Gasteiger partial charge in [-0.15, -0.1) is 0 Å². The Kier molecular flexibility index (Phi) is 5.36. The molecule has 1 aromatic carbocycles. The van der Waals surface area contributed by atoms with E-state index >= 15 is 0 Å². The van der Waals surface area contributed by atoms with Gasteiger partial charge in [-0.05, 0) is 32.4 Å². The summed E-state index contributed by atoms with van der Waals surface area (Å²) in [5.41, 5.74) is 0.490. The van der Waals surface area contributed by atoms with Crippen LogP contribution in [0.2, 0.25) is 0 Å². The van der Waals surface area contributed by atoms with E-state index in [1.807, 2.05) is 6.92 Å². The van der Waals surface area contributed by atoms with Gasteiger partial charge in [-0.25, -0.2) is 9.59 Å². The van der Waals surface area contributed by atoms with Gasteiger partial charge in [0.25, 0.3) is 0 Å². The topological polar surface area (TPSA) is 52.6 Å². The molecule has 0 fully saturated rings. The van der Waals surface area contributed by atoms with Crippen molar-refractivity contribution in [3.05, 3.63) is 35.4 Å². The van der Waals surface area contributed by atoms with E-state index in [2.05, 4.69) is 0 Å². The maximum atomic E-state index is 11.8. The third-order valence-electron chi connectivity index (χ3n) is 2.15. The van der Waals surface area contributed by atoms with Crippen molar-refractivity contribution in [1.29, 1.82) is 0 Å². The van der Waals surface area contributed by atoms with Gasteiger partial charge in [-0.2, -0.15) is 0 Å². The molecular formula is C14H18O4. The molecule has 4 heteroatoms. The highest BCUT2D eigenvalue weighted by Gasteiger charge is 2.19. The predicted octanol–water partition coefficient (Wildman–Crippen LogP) is 2.82. The normalized spacial score (nSPS) is 10.2. The van der Waals surface area contributed by atoms with Crippen LogP contribution in [0.1, 0.15) is 47.9 Å². The summed E-state index contributed by atoms with van der Waals surface area (Å²) in [6, 6.07) is 6.50. The smallest absolute Gasteiger partial charge is 0.339 e. The number of benzene rings is 1. The van der Waals surface area contributed by atoms with Gasteiger partial charge < -0.3 is 9.47 Å². The van der Waals surface area contributed by atoms with Crippen molar-refractivity contribution in [3.63, 3.8) is 0 Å². The Bertz CT molecular complexity index is 424. The van der Waals surface area contributed by atoms with Crippen molar-refractivity contribution in [2.24, 2.45) is 0 Å². The maximum absolute atomic E-state index is 11.8. The molecule has 0 heterocycles. The van der Waals surface area contributed by atoms with Crippen molar-refractivity contribution >= 4 is 11.9 Å².